The van der Waals surface area contributed by atoms with Gasteiger partial charge in [-0.1, -0.05) is 29.8 Å². The van der Waals surface area contributed by atoms with E-state index in [0.717, 1.165) is 0 Å². The Morgan fingerprint density at radius 1 is 1.07 bits per heavy atom. The van der Waals surface area contributed by atoms with Gasteiger partial charge in [-0.3, -0.25) is 9.59 Å². The third kappa shape index (κ3) is 6.50. The van der Waals surface area contributed by atoms with E-state index in [2.05, 4.69) is 30.7 Å². The van der Waals surface area contributed by atoms with Gasteiger partial charge in [-0.05, 0) is 60.9 Å². The second kappa shape index (κ2) is 10.9. The lowest BCUT2D eigenvalue weighted by molar-refractivity contribution is -0.274. The fraction of sp³-hybridized carbons (Fsp3) is 0.214. The van der Waals surface area contributed by atoms with Crippen LogP contribution in [0.2, 0.25) is 5.02 Å². The van der Waals surface area contributed by atoms with Crippen molar-refractivity contribution in [1.29, 1.82) is 0 Å². The first-order valence-electron chi connectivity index (χ1n) is 12.4. The van der Waals surface area contributed by atoms with E-state index in [-0.39, 0.29) is 23.0 Å². The number of fused-ring (bicyclic) bond motifs is 1. The first-order valence-corrected chi connectivity index (χ1v) is 12.8. The molecule has 41 heavy (non-hydrogen) atoms. The van der Waals surface area contributed by atoms with Gasteiger partial charge < -0.3 is 25.8 Å². The number of hydrogen-bond donors (Lipinski definition) is 4. The third-order valence-electron chi connectivity index (χ3n) is 6.39. The molecule has 0 saturated heterocycles. The average Bonchev–Trinajstić information content (AvgIpc) is 3.69. The van der Waals surface area contributed by atoms with E-state index >= 15 is 0 Å². The maximum atomic E-state index is 13.1. The summed E-state index contributed by atoms with van der Waals surface area (Å²) in [6, 6.07) is 15.0. The molecule has 4 aromatic rings. The SMILES string of the molecule is CNc1nc(-c2cccc(OC(F)(F)F)c2)nc2cc(NC(=O)c3cc(CNC(=O)C4(O)CC4)ccc3Cl)ccc12. The normalized spacial score (nSPS) is 13.9. The number of nitrogens with one attached hydrogen (secondary N) is 3. The molecule has 212 valence electrons. The molecule has 13 heteroatoms. The van der Waals surface area contributed by atoms with Gasteiger partial charge in [-0.15, -0.1) is 13.2 Å². The minimum atomic E-state index is -4.85. The van der Waals surface area contributed by atoms with Crippen molar-refractivity contribution in [3.8, 4) is 17.1 Å². The van der Waals surface area contributed by atoms with Crippen molar-refractivity contribution in [2.45, 2.75) is 31.3 Å². The highest BCUT2D eigenvalue weighted by Crippen LogP contribution is 2.35. The van der Waals surface area contributed by atoms with Gasteiger partial charge in [-0.2, -0.15) is 0 Å². The zero-order valence-corrected chi connectivity index (χ0v) is 22.2. The predicted octanol–water partition coefficient (Wildman–Crippen LogP) is 5.28. The van der Waals surface area contributed by atoms with Crippen LogP contribution in [0.1, 0.15) is 28.8 Å². The van der Waals surface area contributed by atoms with Crippen LogP contribution in [0, 0.1) is 0 Å². The summed E-state index contributed by atoms with van der Waals surface area (Å²) >= 11 is 6.28. The van der Waals surface area contributed by atoms with E-state index in [4.69, 9.17) is 11.6 Å². The largest absolute Gasteiger partial charge is 0.573 e. The first-order chi connectivity index (χ1) is 19.4. The van der Waals surface area contributed by atoms with Crippen LogP contribution in [0.5, 0.6) is 5.75 Å². The van der Waals surface area contributed by atoms with Gasteiger partial charge in [0.2, 0.25) is 0 Å². The van der Waals surface area contributed by atoms with Crippen molar-refractivity contribution < 1.29 is 32.6 Å². The second-order valence-corrected chi connectivity index (χ2v) is 9.84. The molecule has 0 radical (unpaired) electrons. The Labute approximate surface area is 236 Å². The van der Waals surface area contributed by atoms with Gasteiger partial charge in [0.15, 0.2) is 5.82 Å². The number of alkyl halides is 3. The van der Waals surface area contributed by atoms with Crippen molar-refractivity contribution >= 4 is 45.8 Å². The average molecular weight is 586 g/mol. The molecule has 3 aromatic carbocycles. The summed E-state index contributed by atoms with van der Waals surface area (Å²) < 4.78 is 42.1. The predicted molar refractivity (Wildman–Crippen MR) is 147 cm³/mol. The Balaban J connectivity index is 1.39. The van der Waals surface area contributed by atoms with E-state index in [0.29, 0.717) is 46.4 Å². The molecule has 0 atom stereocenters. The molecule has 0 spiro atoms. The van der Waals surface area contributed by atoms with Gasteiger partial charge in [0.05, 0.1) is 16.1 Å². The zero-order valence-electron chi connectivity index (χ0n) is 21.5. The van der Waals surface area contributed by atoms with Crippen LogP contribution in [-0.2, 0) is 11.3 Å². The molecule has 1 saturated carbocycles. The molecule has 0 unspecified atom stereocenters. The van der Waals surface area contributed by atoms with Crippen molar-refractivity contribution in [3.05, 3.63) is 76.8 Å². The summed E-state index contributed by atoms with van der Waals surface area (Å²) in [6.07, 6.45) is -4.01. The number of ether oxygens (including phenoxy) is 1. The number of hydrogen-bond acceptors (Lipinski definition) is 7. The molecule has 0 aliphatic heterocycles. The fourth-order valence-corrected chi connectivity index (χ4v) is 4.31. The fourth-order valence-electron chi connectivity index (χ4n) is 4.11. The van der Waals surface area contributed by atoms with E-state index in [1.54, 1.807) is 49.5 Å². The number of halogens is 4. The number of anilines is 2. The third-order valence-corrected chi connectivity index (χ3v) is 6.72. The second-order valence-electron chi connectivity index (χ2n) is 9.44. The quantitative estimate of drug-likeness (QED) is 0.222. The maximum absolute atomic E-state index is 13.1. The molecule has 5 rings (SSSR count). The van der Waals surface area contributed by atoms with Crippen molar-refractivity contribution in [2.24, 2.45) is 0 Å². The lowest BCUT2D eigenvalue weighted by Gasteiger charge is -2.13. The van der Waals surface area contributed by atoms with Gasteiger partial charge >= 0.3 is 6.36 Å². The Hall–Kier alpha value is -4.42. The van der Waals surface area contributed by atoms with E-state index in [9.17, 15) is 27.9 Å². The van der Waals surface area contributed by atoms with E-state index < -0.39 is 29.5 Å². The van der Waals surface area contributed by atoms with Crippen LogP contribution in [0.15, 0.2) is 60.7 Å². The Bertz CT molecular complexity index is 1660. The molecular formula is C28H23ClF3N5O4. The first kappa shape index (κ1) is 28.1. The summed E-state index contributed by atoms with van der Waals surface area (Å²) in [6.45, 7) is 0.107. The standard InChI is InChI=1S/C28H23ClF3N5O4/c1-33-24-19-7-6-17(13-22(19)36-23(37-24)16-3-2-4-18(12-16)41-28(30,31)32)35-25(38)20-11-15(5-8-21(20)29)14-34-26(39)27(40)9-10-27/h2-8,11-13,40H,9-10,14H2,1H3,(H,34,39)(H,35,38)(H,33,36,37). The van der Waals surface area contributed by atoms with Crippen LogP contribution in [0.25, 0.3) is 22.3 Å². The lowest BCUT2D eigenvalue weighted by Crippen LogP contribution is -2.35. The molecule has 1 aromatic heterocycles. The molecule has 9 nitrogen and oxygen atoms in total. The number of amides is 2. The highest BCUT2D eigenvalue weighted by atomic mass is 35.5. The van der Waals surface area contributed by atoms with Crippen LogP contribution >= 0.6 is 11.6 Å². The van der Waals surface area contributed by atoms with Crippen molar-refractivity contribution in [1.82, 2.24) is 15.3 Å². The highest BCUT2D eigenvalue weighted by molar-refractivity contribution is 6.34. The number of carbonyl (C=O) groups excluding carboxylic acids is 2. The summed E-state index contributed by atoms with van der Waals surface area (Å²) in [4.78, 5) is 34.1. The van der Waals surface area contributed by atoms with Crippen LogP contribution in [0.4, 0.5) is 24.7 Å². The molecular weight excluding hydrogens is 563 g/mol. The Morgan fingerprint density at radius 3 is 2.56 bits per heavy atom. The molecule has 4 N–H and O–H groups in total. The highest BCUT2D eigenvalue weighted by Gasteiger charge is 2.47. The summed E-state index contributed by atoms with van der Waals surface area (Å²) in [5.41, 5.74) is 0.574. The van der Waals surface area contributed by atoms with E-state index in [1.807, 2.05) is 0 Å². The number of carbonyl (C=O) groups is 2. The minimum absolute atomic E-state index is 0.107. The topological polar surface area (TPSA) is 125 Å². The molecule has 1 aliphatic rings. The van der Waals surface area contributed by atoms with Gasteiger partial charge in [0.25, 0.3) is 11.8 Å². The maximum Gasteiger partial charge on any atom is 0.573 e. The zero-order chi connectivity index (χ0) is 29.4. The van der Waals surface area contributed by atoms with Crippen molar-refractivity contribution in [2.75, 3.05) is 17.7 Å². The number of rotatable bonds is 8. The number of aromatic nitrogens is 2. The van der Waals surface area contributed by atoms with Crippen LogP contribution in [-0.4, -0.2) is 45.9 Å². The van der Waals surface area contributed by atoms with Gasteiger partial charge in [0, 0.05) is 30.2 Å². The molecule has 1 fully saturated rings. The number of nitrogens with zero attached hydrogens (tertiary/aromatic N) is 2. The summed E-state index contributed by atoms with van der Waals surface area (Å²) in [5, 5.41) is 19.1. The summed E-state index contributed by atoms with van der Waals surface area (Å²) in [5.74, 6) is -0.807. The smallest absolute Gasteiger partial charge is 0.406 e. The molecule has 1 heterocycles. The molecule has 2 amide bonds. The minimum Gasteiger partial charge on any atom is -0.406 e. The molecule has 0 bridgehead atoms. The monoisotopic (exact) mass is 585 g/mol. The lowest BCUT2D eigenvalue weighted by atomic mass is 10.1. The van der Waals surface area contributed by atoms with Crippen LogP contribution in [0.3, 0.4) is 0 Å². The number of benzene rings is 3. The molecule has 1 aliphatic carbocycles. The van der Waals surface area contributed by atoms with E-state index in [1.165, 1.54) is 18.2 Å². The van der Waals surface area contributed by atoms with Crippen LogP contribution < -0.4 is 20.7 Å². The summed E-state index contributed by atoms with van der Waals surface area (Å²) in [7, 11) is 1.65. The Morgan fingerprint density at radius 2 is 1.85 bits per heavy atom. The van der Waals surface area contributed by atoms with Gasteiger partial charge in [-0.25, -0.2) is 9.97 Å². The van der Waals surface area contributed by atoms with Gasteiger partial charge in [0.1, 0.15) is 17.2 Å². The number of aliphatic hydroxyl groups is 1. The van der Waals surface area contributed by atoms with Crippen molar-refractivity contribution in [3.63, 3.8) is 0 Å². The Kier molecular flexibility index (Phi) is 7.45.